The van der Waals surface area contributed by atoms with Crippen molar-refractivity contribution >= 4 is 30.6 Å². The summed E-state index contributed by atoms with van der Waals surface area (Å²) in [5.74, 6) is 0. The van der Waals surface area contributed by atoms with Crippen LogP contribution < -0.4 is 11.2 Å². The summed E-state index contributed by atoms with van der Waals surface area (Å²) >= 11 is 0. The van der Waals surface area contributed by atoms with Gasteiger partial charge in [-0.05, 0) is 26.8 Å². The number of aromatic nitrogens is 3. The predicted molar refractivity (Wildman–Crippen MR) is 67.4 cm³/mol. The maximum absolute atomic E-state index is 11.9. The quantitative estimate of drug-likeness (QED) is 0.677. The number of ether oxygens (including phenoxy) is 1. The van der Waals surface area contributed by atoms with Gasteiger partial charge in [0.15, 0.2) is 5.65 Å². The van der Waals surface area contributed by atoms with Gasteiger partial charge in [-0.15, -0.1) is 0 Å². The van der Waals surface area contributed by atoms with Crippen LogP contribution in [-0.2, 0) is 4.74 Å². The average Bonchev–Trinajstić information content (AvgIpc) is 2.50. The fourth-order valence-corrected chi connectivity index (χ4v) is 1.49. The van der Waals surface area contributed by atoms with E-state index in [9.17, 15) is 9.59 Å². The van der Waals surface area contributed by atoms with Crippen molar-refractivity contribution < 1.29 is 9.53 Å². The van der Waals surface area contributed by atoms with E-state index in [1.807, 2.05) is 0 Å². The van der Waals surface area contributed by atoms with E-state index in [1.165, 1.54) is 12.3 Å². The molecule has 6 nitrogen and oxygen atoms in total. The topological polar surface area (TPSA) is 77.0 Å². The number of pyridine rings is 1. The van der Waals surface area contributed by atoms with Gasteiger partial charge in [0, 0.05) is 6.20 Å². The van der Waals surface area contributed by atoms with E-state index in [0.29, 0.717) is 11.0 Å². The Hall–Kier alpha value is -2.05. The molecule has 0 saturated heterocycles. The number of nitrogens with zero attached hydrogens (tertiary/aromatic N) is 2. The van der Waals surface area contributed by atoms with Crippen molar-refractivity contribution in [3.8, 4) is 0 Å². The SMILES string of the molecule is [B]c1cnc2c(c1)[nH]c(=O)n2C(=O)OC(C)(C)C. The van der Waals surface area contributed by atoms with E-state index in [1.54, 1.807) is 20.8 Å². The molecular formula is C11H12BN3O3. The van der Waals surface area contributed by atoms with Crippen molar-refractivity contribution in [1.29, 1.82) is 0 Å². The highest BCUT2D eigenvalue weighted by atomic mass is 16.6. The molecule has 2 radical (unpaired) electrons. The minimum absolute atomic E-state index is 0.198. The van der Waals surface area contributed by atoms with E-state index in [2.05, 4.69) is 9.97 Å². The van der Waals surface area contributed by atoms with Crippen LogP contribution in [0.25, 0.3) is 11.2 Å². The van der Waals surface area contributed by atoms with Crippen molar-refractivity contribution in [3.63, 3.8) is 0 Å². The lowest BCUT2D eigenvalue weighted by Gasteiger charge is -2.18. The largest absolute Gasteiger partial charge is 0.443 e. The van der Waals surface area contributed by atoms with Crippen LogP contribution in [0.1, 0.15) is 20.8 Å². The molecule has 0 atom stereocenters. The van der Waals surface area contributed by atoms with Crippen molar-refractivity contribution in [2.75, 3.05) is 0 Å². The number of H-pyrrole nitrogens is 1. The second kappa shape index (κ2) is 4.01. The highest BCUT2D eigenvalue weighted by molar-refractivity contribution is 6.32. The molecule has 0 saturated carbocycles. The molecule has 0 aromatic carbocycles. The number of fused-ring (bicyclic) bond motifs is 1. The van der Waals surface area contributed by atoms with Crippen molar-refractivity contribution in [3.05, 3.63) is 22.7 Å². The summed E-state index contributed by atoms with van der Waals surface area (Å²) in [4.78, 5) is 30.1. The third-order valence-electron chi connectivity index (χ3n) is 2.12. The van der Waals surface area contributed by atoms with Gasteiger partial charge >= 0.3 is 11.8 Å². The number of carbonyl (C=O) groups is 1. The molecule has 0 fully saturated rings. The normalized spacial score (nSPS) is 11.7. The summed E-state index contributed by atoms with van der Waals surface area (Å²) < 4.78 is 5.98. The van der Waals surface area contributed by atoms with Crippen LogP contribution in [0.2, 0.25) is 0 Å². The Morgan fingerprint density at radius 2 is 2.17 bits per heavy atom. The Morgan fingerprint density at radius 3 is 2.78 bits per heavy atom. The van der Waals surface area contributed by atoms with Crippen LogP contribution >= 0.6 is 0 Å². The lowest BCUT2D eigenvalue weighted by Crippen LogP contribution is -2.32. The van der Waals surface area contributed by atoms with Gasteiger partial charge in [0.2, 0.25) is 0 Å². The van der Waals surface area contributed by atoms with Crippen LogP contribution in [0.15, 0.2) is 17.1 Å². The zero-order valence-corrected chi connectivity index (χ0v) is 10.4. The second-order valence-corrected chi connectivity index (χ2v) is 4.89. The molecular weight excluding hydrogens is 233 g/mol. The Morgan fingerprint density at radius 1 is 1.50 bits per heavy atom. The zero-order chi connectivity index (χ0) is 13.5. The number of aromatic amines is 1. The third kappa shape index (κ3) is 2.29. The molecule has 2 heterocycles. The van der Waals surface area contributed by atoms with Gasteiger partial charge in [0.1, 0.15) is 13.4 Å². The Kier molecular flexibility index (Phi) is 2.76. The minimum Gasteiger partial charge on any atom is -0.443 e. The van der Waals surface area contributed by atoms with E-state index in [-0.39, 0.29) is 5.65 Å². The van der Waals surface area contributed by atoms with Gasteiger partial charge in [-0.2, -0.15) is 4.57 Å². The Bertz CT molecular complexity index is 666. The zero-order valence-electron chi connectivity index (χ0n) is 10.4. The third-order valence-corrected chi connectivity index (χ3v) is 2.12. The molecule has 0 aliphatic heterocycles. The Balaban J connectivity index is 2.54. The van der Waals surface area contributed by atoms with Crippen molar-refractivity contribution in [2.45, 2.75) is 26.4 Å². The molecule has 0 spiro atoms. The van der Waals surface area contributed by atoms with E-state index in [4.69, 9.17) is 12.6 Å². The molecule has 0 amide bonds. The average molecular weight is 245 g/mol. The first-order valence-electron chi connectivity index (χ1n) is 5.37. The fourth-order valence-electron chi connectivity index (χ4n) is 1.49. The lowest BCUT2D eigenvalue weighted by molar-refractivity contribution is 0.0537. The fraction of sp³-hybridized carbons (Fsp3) is 0.364. The number of hydrogen-bond acceptors (Lipinski definition) is 4. The number of carbonyl (C=O) groups excluding carboxylic acids is 1. The van der Waals surface area contributed by atoms with Gasteiger partial charge in [-0.25, -0.2) is 14.6 Å². The first kappa shape index (κ1) is 12.4. The second-order valence-electron chi connectivity index (χ2n) is 4.89. The van der Waals surface area contributed by atoms with Gasteiger partial charge < -0.3 is 9.72 Å². The molecule has 2 rings (SSSR count). The van der Waals surface area contributed by atoms with E-state index < -0.39 is 17.4 Å². The number of nitrogens with one attached hydrogen (secondary N) is 1. The molecule has 2 aromatic heterocycles. The molecule has 0 bridgehead atoms. The summed E-state index contributed by atoms with van der Waals surface area (Å²) in [5, 5.41) is 0. The Labute approximate surface area is 104 Å². The van der Waals surface area contributed by atoms with Crippen LogP contribution in [0.5, 0.6) is 0 Å². The monoisotopic (exact) mass is 245 g/mol. The maximum atomic E-state index is 11.9. The van der Waals surface area contributed by atoms with E-state index in [0.717, 1.165) is 4.57 Å². The first-order chi connectivity index (χ1) is 8.28. The van der Waals surface area contributed by atoms with Crippen LogP contribution in [0, 0.1) is 0 Å². The standard InChI is InChI=1S/C11H12BN3O3/c1-11(2,3)18-10(17)15-8-7(14-9(15)16)4-6(12)5-13-8/h4-5H,1-3H3,(H,14,16). The maximum Gasteiger partial charge on any atom is 0.424 e. The summed E-state index contributed by atoms with van der Waals surface area (Å²) in [7, 11) is 5.55. The summed E-state index contributed by atoms with van der Waals surface area (Å²) in [5.41, 5.74) is -0.291. The summed E-state index contributed by atoms with van der Waals surface area (Å²) in [6.07, 6.45) is 0.604. The van der Waals surface area contributed by atoms with Gasteiger partial charge in [-0.3, -0.25) is 0 Å². The molecule has 18 heavy (non-hydrogen) atoms. The van der Waals surface area contributed by atoms with E-state index >= 15 is 0 Å². The van der Waals surface area contributed by atoms with Crippen molar-refractivity contribution in [1.82, 2.24) is 14.5 Å². The smallest absolute Gasteiger partial charge is 0.424 e. The van der Waals surface area contributed by atoms with Crippen LogP contribution in [0.4, 0.5) is 4.79 Å². The summed E-state index contributed by atoms with van der Waals surface area (Å²) in [6, 6.07) is 1.53. The molecule has 0 unspecified atom stereocenters. The molecule has 2 aromatic rings. The van der Waals surface area contributed by atoms with Crippen molar-refractivity contribution in [2.24, 2.45) is 0 Å². The number of hydrogen-bond donors (Lipinski definition) is 1. The lowest BCUT2D eigenvalue weighted by atomic mass is 9.99. The first-order valence-corrected chi connectivity index (χ1v) is 5.37. The van der Waals surface area contributed by atoms with Crippen LogP contribution in [0.3, 0.4) is 0 Å². The van der Waals surface area contributed by atoms with Gasteiger partial charge in [0.25, 0.3) is 0 Å². The predicted octanol–water partition coefficient (Wildman–Crippen LogP) is 0.302. The number of imidazole rings is 1. The molecule has 92 valence electrons. The molecule has 1 N–H and O–H groups in total. The van der Waals surface area contributed by atoms with Gasteiger partial charge in [-0.1, -0.05) is 5.46 Å². The molecule has 7 heteroatoms. The van der Waals surface area contributed by atoms with Gasteiger partial charge in [0.05, 0.1) is 5.52 Å². The molecule has 0 aliphatic rings. The highest BCUT2D eigenvalue weighted by Crippen LogP contribution is 2.11. The molecule has 0 aliphatic carbocycles. The number of rotatable bonds is 0. The summed E-state index contributed by atoms with van der Waals surface area (Å²) in [6.45, 7) is 5.16. The minimum atomic E-state index is -0.768. The van der Waals surface area contributed by atoms with Crippen LogP contribution in [-0.4, -0.2) is 34.1 Å². The highest BCUT2D eigenvalue weighted by Gasteiger charge is 2.22.